The largest absolute Gasteiger partial charge is 0.298 e. The summed E-state index contributed by atoms with van der Waals surface area (Å²) in [4.78, 5) is 22.2. The van der Waals surface area contributed by atoms with Crippen molar-refractivity contribution < 1.29 is 0 Å². The zero-order valence-electron chi connectivity index (χ0n) is 14.9. The first-order chi connectivity index (χ1) is 12.2. The maximum absolute atomic E-state index is 12.6. The van der Waals surface area contributed by atoms with Crippen LogP contribution in [0.4, 0.5) is 0 Å². The van der Waals surface area contributed by atoms with E-state index in [1.54, 1.807) is 6.07 Å². The summed E-state index contributed by atoms with van der Waals surface area (Å²) in [5, 5.41) is 4.25. The standard InChI is InChI=1S/C18H26N6O/c1-21-11-15(10-19-21)12-23-7-4-8-24-17(14-23)20-16(9-18(24)25)13-22-5-2-3-6-22/h9-11H,2-8,12-14H2,1H3. The Morgan fingerprint density at radius 1 is 1.04 bits per heavy atom. The molecule has 0 spiro atoms. The van der Waals surface area contributed by atoms with Crippen LogP contribution >= 0.6 is 0 Å². The van der Waals surface area contributed by atoms with E-state index in [4.69, 9.17) is 4.98 Å². The van der Waals surface area contributed by atoms with Gasteiger partial charge < -0.3 is 0 Å². The first kappa shape index (κ1) is 16.5. The summed E-state index contributed by atoms with van der Waals surface area (Å²) in [6.07, 6.45) is 7.44. The van der Waals surface area contributed by atoms with Gasteiger partial charge in [0.1, 0.15) is 5.82 Å². The lowest BCUT2D eigenvalue weighted by Crippen LogP contribution is -2.29. The van der Waals surface area contributed by atoms with Gasteiger partial charge in [0.2, 0.25) is 0 Å². The van der Waals surface area contributed by atoms with Crippen molar-refractivity contribution in [2.24, 2.45) is 7.05 Å². The summed E-state index contributed by atoms with van der Waals surface area (Å²) in [5.41, 5.74) is 2.22. The lowest BCUT2D eigenvalue weighted by Gasteiger charge is -2.19. The topological polar surface area (TPSA) is 59.2 Å². The van der Waals surface area contributed by atoms with Crippen molar-refractivity contribution >= 4 is 0 Å². The maximum atomic E-state index is 12.6. The molecule has 1 fully saturated rings. The minimum Gasteiger partial charge on any atom is -0.298 e. The van der Waals surface area contributed by atoms with Crippen molar-refractivity contribution in [3.05, 3.63) is 45.9 Å². The number of likely N-dealkylation sites (tertiary alicyclic amines) is 1. The molecule has 2 aliphatic heterocycles. The highest BCUT2D eigenvalue weighted by Crippen LogP contribution is 2.15. The molecule has 0 N–H and O–H groups in total. The van der Waals surface area contributed by atoms with Gasteiger partial charge in [0, 0.05) is 51.1 Å². The lowest BCUT2D eigenvalue weighted by molar-refractivity contribution is 0.257. The Bertz CT molecular complexity index is 789. The lowest BCUT2D eigenvalue weighted by atomic mass is 10.3. The van der Waals surface area contributed by atoms with E-state index < -0.39 is 0 Å². The number of aryl methyl sites for hydroxylation is 1. The highest BCUT2D eigenvalue weighted by molar-refractivity contribution is 5.08. The van der Waals surface area contributed by atoms with E-state index in [2.05, 4.69) is 21.1 Å². The van der Waals surface area contributed by atoms with Gasteiger partial charge in [-0.2, -0.15) is 5.10 Å². The molecular formula is C18H26N6O. The highest BCUT2D eigenvalue weighted by Gasteiger charge is 2.19. The number of hydrogen-bond acceptors (Lipinski definition) is 5. The molecule has 2 aliphatic rings. The van der Waals surface area contributed by atoms with E-state index in [-0.39, 0.29) is 5.56 Å². The molecule has 4 heterocycles. The molecule has 0 bridgehead atoms. The summed E-state index contributed by atoms with van der Waals surface area (Å²) in [5.74, 6) is 0.906. The molecule has 4 rings (SSSR count). The first-order valence-corrected chi connectivity index (χ1v) is 9.19. The van der Waals surface area contributed by atoms with Crippen LogP contribution in [0, 0.1) is 0 Å². The number of aromatic nitrogens is 4. The molecule has 0 saturated carbocycles. The van der Waals surface area contributed by atoms with Crippen LogP contribution in [0.15, 0.2) is 23.3 Å². The molecule has 134 valence electrons. The van der Waals surface area contributed by atoms with Gasteiger partial charge in [0.15, 0.2) is 0 Å². The molecule has 0 atom stereocenters. The summed E-state index contributed by atoms with van der Waals surface area (Å²) in [6.45, 7) is 6.33. The second-order valence-corrected chi connectivity index (χ2v) is 7.22. The third-order valence-electron chi connectivity index (χ3n) is 5.11. The molecular weight excluding hydrogens is 316 g/mol. The van der Waals surface area contributed by atoms with Crippen LogP contribution in [0.3, 0.4) is 0 Å². The molecule has 0 unspecified atom stereocenters. The zero-order valence-corrected chi connectivity index (χ0v) is 14.9. The Morgan fingerprint density at radius 3 is 2.60 bits per heavy atom. The van der Waals surface area contributed by atoms with E-state index in [9.17, 15) is 4.79 Å². The average Bonchev–Trinajstić information content (AvgIpc) is 3.16. The third-order valence-corrected chi connectivity index (χ3v) is 5.11. The van der Waals surface area contributed by atoms with Gasteiger partial charge in [-0.15, -0.1) is 0 Å². The zero-order chi connectivity index (χ0) is 17.2. The summed E-state index contributed by atoms with van der Waals surface area (Å²) >= 11 is 0. The monoisotopic (exact) mass is 342 g/mol. The van der Waals surface area contributed by atoms with Crippen molar-refractivity contribution in [1.82, 2.24) is 29.1 Å². The van der Waals surface area contributed by atoms with Crippen molar-refractivity contribution in [3.63, 3.8) is 0 Å². The normalized spacial score (nSPS) is 19.1. The second kappa shape index (κ2) is 7.09. The van der Waals surface area contributed by atoms with Crippen molar-refractivity contribution in [2.75, 3.05) is 19.6 Å². The molecule has 0 aliphatic carbocycles. The van der Waals surface area contributed by atoms with Gasteiger partial charge in [-0.05, 0) is 32.4 Å². The van der Waals surface area contributed by atoms with Crippen molar-refractivity contribution in [1.29, 1.82) is 0 Å². The number of nitrogens with zero attached hydrogens (tertiary/aromatic N) is 6. The summed E-state index contributed by atoms with van der Waals surface area (Å²) < 4.78 is 3.69. The second-order valence-electron chi connectivity index (χ2n) is 7.22. The fraction of sp³-hybridized carbons (Fsp3) is 0.611. The van der Waals surface area contributed by atoms with E-state index in [1.165, 1.54) is 18.4 Å². The van der Waals surface area contributed by atoms with Crippen LogP contribution in [0.5, 0.6) is 0 Å². The van der Waals surface area contributed by atoms with Crippen LogP contribution < -0.4 is 5.56 Å². The maximum Gasteiger partial charge on any atom is 0.253 e. The molecule has 1 saturated heterocycles. The fourth-order valence-electron chi connectivity index (χ4n) is 3.90. The fourth-order valence-corrected chi connectivity index (χ4v) is 3.90. The van der Waals surface area contributed by atoms with E-state index >= 15 is 0 Å². The Hall–Kier alpha value is -1.99. The summed E-state index contributed by atoms with van der Waals surface area (Å²) in [6, 6.07) is 1.73. The van der Waals surface area contributed by atoms with Crippen LogP contribution in [-0.2, 0) is 33.2 Å². The Kier molecular flexibility index (Phi) is 4.67. The van der Waals surface area contributed by atoms with E-state index in [1.807, 2.05) is 22.5 Å². The van der Waals surface area contributed by atoms with E-state index in [0.29, 0.717) is 0 Å². The molecule has 0 aromatic carbocycles. The third kappa shape index (κ3) is 3.82. The number of fused-ring (bicyclic) bond motifs is 1. The van der Waals surface area contributed by atoms with Gasteiger partial charge >= 0.3 is 0 Å². The Balaban J connectivity index is 1.53. The smallest absolute Gasteiger partial charge is 0.253 e. The first-order valence-electron chi connectivity index (χ1n) is 9.19. The molecule has 7 heteroatoms. The highest BCUT2D eigenvalue weighted by atomic mass is 16.1. The van der Waals surface area contributed by atoms with Crippen molar-refractivity contribution in [2.45, 2.75) is 45.4 Å². The molecule has 0 radical (unpaired) electrons. The minimum atomic E-state index is 0.0995. The molecule has 0 amide bonds. The van der Waals surface area contributed by atoms with Gasteiger partial charge in [-0.3, -0.25) is 23.8 Å². The average molecular weight is 342 g/mol. The minimum absolute atomic E-state index is 0.0995. The quantitative estimate of drug-likeness (QED) is 0.829. The Labute approximate surface area is 147 Å². The van der Waals surface area contributed by atoms with Gasteiger partial charge in [-0.25, -0.2) is 4.98 Å². The SMILES string of the molecule is Cn1cc(CN2CCCn3c(nc(CN4CCCC4)cc3=O)C2)cn1. The van der Waals surface area contributed by atoms with Gasteiger partial charge in [0.25, 0.3) is 5.56 Å². The van der Waals surface area contributed by atoms with Crippen molar-refractivity contribution in [3.8, 4) is 0 Å². The summed E-state index contributed by atoms with van der Waals surface area (Å²) in [7, 11) is 1.94. The van der Waals surface area contributed by atoms with Crippen LogP contribution in [0.25, 0.3) is 0 Å². The van der Waals surface area contributed by atoms with Crippen LogP contribution in [0.2, 0.25) is 0 Å². The Morgan fingerprint density at radius 2 is 1.84 bits per heavy atom. The van der Waals surface area contributed by atoms with E-state index in [0.717, 1.165) is 63.8 Å². The van der Waals surface area contributed by atoms with Crippen LogP contribution in [-0.4, -0.2) is 48.8 Å². The molecule has 2 aromatic rings. The van der Waals surface area contributed by atoms with Crippen LogP contribution in [0.1, 0.15) is 36.3 Å². The molecule has 2 aromatic heterocycles. The van der Waals surface area contributed by atoms with Gasteiger partial charge in [-0.1, -0.05) is 0 Å². The molecule has 25 heavy (non-hydrogen) atoms. The van der Waals surface area contributed by atoms with Gasteiger partial charge in [0.05, 0.1) is 18.4 Å². The predicted octanol–water partition coefficient (Wildman–Crippen LogP) is 0.978. The number of rotatable bonds is 4. The number of hydrogen-bond donors (Lipinski definition) is 0. The predicted molar refractivity (Wildman–Crippen MR) is 94.9 cm³/mol. The molecule has 7 nitrogen and oxygen atoms in total.